The third-order valence-electron chi connectivity index (χ3n) is 4.84. The molecule has 0 atom stereocenters. The number of carbonyl (C=O) groups is 4. The summed E-state index contributed by atoms with van der Waals surface area (Å²) in [5.74, 6) is -1.47. The number of rotatable bonds is 13. The van der Waals surface area contributed by atoms with Gasteiger partial charge in [0.05, 0.1) is 17.7 Å². The van der Waals surface area contributed by atoms with Gasteiger partial charge in [0.1, 0.15) is 17.2 Å². The van der Waals surface area contributed by atoms with E-state index in [0.717, 1.165) is 17.7 Å². The fraction of sp³-hybridized carbons (Fsp3) is 0.103. The molecule has 39 heavy (non-hydrogen) atoms. The summed E-state index contributed by atoms with van der Waals surface area (Å²) in [6.45, 7) is 6.25. The summed E-state index contributed by atoms with van der Waals surface area (Å²) >= 11 is 0. The van der Waals surface area contributed by atoms with Gasteiger partial charge in [0.2, 0.25) is 6.79 Å². The lowest BCUT2D eigenvalue weighted by atomic mass is 10.1. The molecule has 0 radical (unpaired) electrons. The lowest BCUT2D eigenvalue weighted by Crippen LogP contribution is -2.10. The van der Waals surface area contributed by atoms with Crippen LogP contribution in [-0.4, -0.2) is 37.5 Å². The van der Waals surface area contributed by atoms with E-state index >= 15 is 0 Å². The standard InChI is InChI=1S/C29H24O10/c1-3-26(30)36-18-34-17-20-5-7-21(8-6-20)28(32)38-24-13-15-25(16-14-24)39-29(33)22-9-11-23(12-10-22)35-19-37-27(31)4-2/h3-16H,1-2,17-19H2. The molecule has 0 bridgehead atoms. The van der Waals surface area contributed by atoms with E-state index in [0.29, 0.717) is 11.3 Å². The van der Waals surface area contributed by atoms with Crippen LogP contribution in [-0.2, 0) is 30.4 Å². The summed E-state index contributed by atoms with van der Waals surface area (Å²) in [6, 6.07) is 18.6. The molecule has 3 rings (SSSR count). The quantitative estimate of drug-likeness (QED) is 0.103. The molecular weight excluding hydrogens is 508 g/mol. The van der Waals surface area contributed by atoms with Crippen molar-refractivity contribution < 1.29 is 47.6 Å². The smallest absolute Gasteiger partial charge is 0.343 e. The van der Waals surface area contributed by atoms with E-state index in [2.05, 4.69) is 13.2 Å². The van der Waals surface area contributed by atoms with Crippen LogP contribution in [0.2, 0.25) is 0 Å². The molecule has 0 fully saturated rings. The second kappa shape index (κ2) is 14.5. The first-order chi connectivity index (χ1) is 18.9. The van der Waals surface area contributed by atoms with E-state index in [1.165, 1.54) is 48.5 Å². The van der Waals surface area contributed by atoms with Crippen molar-refractivity contribution >= 4 is 23.9 Å². The van der Waals surface area contributed by atoms with Crippen molar-refractivity contribution in [3.63, 3.8) is 0 Å². The fourth-order valence-corrected chi connectivity index (χ4v) is 2.86. The Kier molecular flexibility index (Phi) is 10.5. The molecule has 0 saturated carbocycles. The zero-order chi connectivity index (χ0) is 28.0. The van der Waals surface area contributed by atoms with E-state index in [1.807, 2.05) is 0 Å². The van der Waals surface area contributed by atoms with Crippen molar-refractivity contribution in [1.29, 1.82) is 0 Å². The van der Waals surface area contributed by atoms with E-state index in [4.69, 9.17) is 28.4 Å². The van der Waals surface area contributed by atoms with Crippen LogP contribution < -0.4 is 14.2 Å². The second-order valence-corrected chi connectivity index (χ2v) is 7.54. The highest BCUT2D eigenvalue weighted by atomic mass is 16.7. The largest absolute Gasteiger partial charge is 0.457 e. The molecule has 200 valence electrons. The summed E-state index contributed by atoms with van der Waals surface area (Å²) in [5.41, 5.74) is 1.36. The lowest BCUT2D eigenvalue weighted by molar-refractivity contribution is -0.151. The molecule has 3 aromatic rings. The van der Waals surface area contributed by atoms with Gasteiger partial charge in [-0.25, -0.2) is 19.2 Å². The van der Waals surface area contributed by atoms with Crippen LogP contribution in [0.3, 0.4) is 0 Å². The Morgan fingerprint density at radius 3 is 1.51 bits per heavy atom. The van der Waals surface area contributed by atoms with Gasteiger partial charge in [0.15, 0.2) is 6.79 Å². The second-order valence-electron chi connectivity index (χ2n) is 7.54. The average Bonchev–Trinajstić information content (AvgIpc) is 2.96. The van der Waals surface area contributed by atoms with E-state index < -0.39 is 23.9 Å². The Bertz CT molecular complexity index is 1310. The maximum absolute atomic E-state index is 12.4. The van der Waals surface area contributed by atoms with Crippen molar-refractivity contribution in [2.45, 2.75) is 6.61 Å². The minimum Gasteiger partial charge on any atom is -0.457 e. The average molecular weight is 533 g/mol. The summed E-state index contributed by atoms with van der Waals surface area (Å²) in [7, 11) is 0. The van der Waals surface area contributed by atoms with Gasteiger partial charge in [-0.15, -0.1) is 0 Å². The fourth-order valence-electron chi connectivity index (χ4n) is 2.86. The Morgan fingerprint density at radius 2 is 1.03 bits per heavy atom. The topological polar surface area (TPSA) is 124 Å². The molecule has 10 heteroatoms. The van der Waals surface area contributed by atoms with Crippen molar-refractivity contribution in [1.82, 2.24) is 0 Å². The van der Waals surface area contributed by atoms with Gasteiger partial charge in [-0.05, 0) is 66.2 Å². The van der Waals surface area contributed by atoms with Crippen molar-refractivity contribution in [3.8, 4) is 17.2 Å². The predicted octanol–water partition coefficient (Wildman–Crippen LogP) is 4.39. The first-order valence-electron chi connectivity index (χ1n) is 11.4. The Morgan fingerprint density at radius 1 is 0.590 bits per heavy atom. The Labute approximate surface area is 224 Å². The van der Waals surface area contributed by atoms with Gasteiger partial charge in [-0.3, -0.25) is 0 Å². The molecule has 0 aliphatic heterocycles. The summed E-state index contributed by atoms with van der Waals surface area (Å²) in [6.07, 6.45) is 2.06. The van der Waals surface area contributed by atoms with Crippen LogP contribution in [0.4, 0.5) is 0 Å². The van der Waals surface area contributed by atoms with Crippen LogP contribution in [0.5, 0.6) is 17.2 Å². The lowest BCUT2D eigenvalue weighted by Gasteiger charge is -2.09. The zero-order valence-electron chi connectivity index (χ0n) is 20.7. The molecule has 0 aliphatic rings. The van der Waals surface area contributed by atoms with Gasteiger partial charge in [0.25, 0.3) is 0 Å². The number of carbonyl (C=O) groups excluding carboxylic acids is 4. The highest BCUT2D eigenvalue weighted by molar-refractivity contribution is 5.92. The third-order valence-corrected chi connectivity index (χ3v) is 4.84. The number of hydrogen-bond donors (Lipinski definition) is 0. The first-order valence-corrected chi connectivity index (χ1v) is 11.4. The van der Waals surface area contributed by atoms with Gasteiger partial charge >= 0.3 is 23.9 Å². The third kappa shape index (κ3) is 9.30. The number of esters is 4. The van der Waals surface area contributed by atoms with Crippen LogP contribution in [0.1, 0.15) is 26.3 Å². The normalized spacial score (nSPS) is 10.1. The van der Waals surface area contributed by atoms with E-state index in [-0.39, 0.29) is 37.3 Å². The predicted molar refractivity (Wildman–Crippen MR) is 137 cm³/mol. The maximum Gasteiger partial charge on any atom is 0.343 e. The van der Waals surface area contributed by atoms with Gasteiger partial charge < -0.3 is 28.4 Å². The Hall–Kier alpha value is -5.22. The number of benzene rings is 3. The van der Waals surface area contributed by atoms with Gasteiger partial charge in [-0.1, -0.05) is 25.3 Å². The van der Waals surface area contributed by atoms with Crippen LogP contribution in [0.25, 0.3) is 0 Å². The molecule has 0 aromatic heterocycles. The van der Waals surface area contributed by atoms with Crippen LogP contribution in [0, 0.1) is 0 Å². The van der Waals surface area contributed by atoms with E-state index in [1.54, 1.807) is 24.3 Å². The summed E-state index contributed by atoms with van der Waals surface area (Å²) in [5, 5.41) is 0. The van der Waals surface area contributed by atoms with Crippen LogP contribution in [0.15, 0.2) is 98.1 Å². The molecule has 0 saturated heterocycles. The monoisotopic (exact) mass is 532 g/mol. The Balaban J connectivity index is 1.45. The highest BCUT2D eigenvalue weighted by Crippen LogP contribution is 2.21. The van der Waals surface area contributed by atoms with Crippen molar-refractivity contribution in [2.24, 2.45) is 0 Å². The van der Waals surface area contributed by atoms with E-state index in [9.17, 15) is 19.2 Å². The molecule has 0 N–H and O–H groups in total. The molecular formula is C29H24O10. The minimum absolute atomic E-state index is 0.186. The molecule has 0 spiro atoms. The number of ether oxygens (including phenoxy) is 6. The zero-order valence-corrected chi connectivity index (χ0v) is 20.7. The highest BCUT2D eigenvalue weighted by Gasteiger charge is 2.12. The molecule has 0 aliphatic carbocycles. The van der Waals surface area contributed by atoms with Crippen molar-refractivity contribution in [2.75, 3.05) is 13.6 Å². The summed E-state index contributed by atoms with van der Waals surface area (Å²) in [4.78, 5) is 46.8. The van der Waals surface area contributed by atoms with Gasteiger partial charge in [-0.2, -0.15) is 0 Å². The molecule has 0 heterocycles. The maximum atomic E-state index is 12.4. The molecule has 0 amide bonds. The molecule has 3 aromatic carbocycles. The van der Waals surface area contributed by atoms with Gasteiger partial charge in [0, 0.05) is 12.2 Å². The first kappa shape index (κ1) is 28.4. The summed E-state index contributed by atoms with van der Waals surface area (Å²) < 4.78 is 30.6. The molecule has 0 unspecified atom stereocenters. The van der Waals surface area contributed by atoms with Crippen LogP contribution >= 0.6 is 0 Å². The molecule has 10 nitrogen and oxygen atoms in total. The minimum atomic E-state index is -0.612. The SMILES string of the molecule is C=CC(=O)OCOCc1ccc(C(=O)Oc2ccc(OC(=O)c3ccc(OCOC(=O)C=C)cc3)cc2)cc1. The number of hydrogen-bond acceptors (Lipinski definition) is 10. The van der Waals surface area contributed by atoms with Crippen molar-refractivity contribution in [3.05, 3.63) is 115 Å².